The lowest BCUT2D eigenvalue weighted by Gasteiger charge is -1.95. The Balaban J connectivity index is 1.53. The van der Waals surface area contributed by atoms with Crippen molar-refractivity contribution in [2.75, 3.05) is 0 Å². The Labute approximate surface area is 132 Å². The first kappa shape index (κ1) is 13.4. The van der Waals surface area contributed by atoms with Gasteiger partial charge >= 0.3 is 0 Å². The molecule has 0 radical (unpaired) electrons. The normalized spacial score (nSPS) is 10.8. The molecule has 0 atom stereocenters. The summed E-state index contributed by atoms with van der Waals surface area (Å²) in [6.45, 7) is 0.340. The standard InChI is InChI=1S/C17H13N5O/c1-3-7-13(8-4-1)15-11-18-16(23-15)12-22-20-17(19-21-22)14-9-5-2-6-10-14/h1-11H,12H2. The molecular weight excluding hydrogens is 290 g/mol. The lowest BCUT2D eigenvalue weighted by molar-refractivity contribution is 0.447. The summed E-state index contributed by atoms with van der Waals surface area (Å²) in [5.41, 5.74) is 1.92. The molecule has 6 nitrogen and oxygen atoms in total. The van der Waals surface area contributed by atoms with Crippen molar-refractivity contribution in [3.05, 3.63) is 72.8 Å². The highest BCUT2D eigenvalue weighted by atomic mass is 16.4. The lowest BCUT2D eigenvalue weighted by Crippen LogP contribution is -2.04. The first-order chi connectivity index (χ1) is 11.4. The fraction of sp³-hybridized carbons (Fsp3) is 0.0588. The Morgan fingerprint density at radius 3 is 2.30 bits per heavy atom. The van der Waals surface area contributed by atoms with Gasteiger partial charge in [-0.1, -0.05) is 60.7 Å². The van der Waals surface area contributed by atoms with E-state index in [-0.39, 0.29) is 0 Å². The molecule has 112 valence electrons. The highest BCUT2D eigenvalue weighted by Gasteiger charge is 2.10. The number of benzene rings is 2. The first-order valence-electron chi connectivity index (χ1n) is 7.22. The van der Waals surface area contributed by atoms with Crippen molar-refractivity contribution in [3.8, 4) is 22.7 Å². The van der Waals surface area contributed by atoms with Gasteiger partial charge < -0.3 is 4.42 Å². The van der Waals surface area contributed by atoms with Crippen LogP contribution < -0.4 is 0 Å². The second-order valence-corrected chi connectivity index (χ2v) is 4.99. The Bertz CT molecular complexity index is 823. The van der Waals surface area contributed by atoms with Crippen LogP contribution >= 0.6 is 0 Å². The molecule has 0 aliphatic carbocycles. The van der Waals surface area contributed by atoms with Crippen molar-refractivity contribution in [1.29, 1.82) is 0 Å². The number of oxazole rings is 1. The van der Waals surface area contributed by atoms with Gasteiger partial charge in [0.05, 0.1) is 6.20 Å². The smallest absolute Gasteiger partial charge is 0.218 e. The minimum absolute atomic E-state index is 0.340. The van der Waals surface area contributed by atoms with Gasteiger partial charge in [0.2, 0.25) is 11.7 Å². The van der Waals surface area contributed by atoms with Gasteiger partial charge in [-0.05, 0) is 5.21 Å². The van der Waals surface area contributed by atoms with Crippen molar-refractivity contribution in [2.45, 2.75) is 6.54 Å². The van der Waals surface area contributed by atoms with E-state index in [2.05, 4.69) is 20.4 Å². The molecule has 2 aromatic heterocycles. The number of hydrogen-bond donors (Lipinski definition) is 0. The van der Waals surface area contributed by atoms with Crippen LogP contribution in [-0.4, -0.2) is 25.2 Å². The first-order valence-corrected chi connectivity index (χ1v) is 7.22. The van der Waals surface area contributed by atoms with Crippen molar-refractivity contribution in [1.82, 2.24) is 25.2 Å². The fourth-order valence-electron chi connectivity index (χ4n) is 2.25. The average Bonchev–Trinajstić information content (AvgIpc) is 3.27. The summed E-state index contributed by atoms with van der Waals surface area (Å²) in [4.78, 5) is 5.75. The third kappa shape index (κ3) is 2.87. The zero-order chi connectivity index (χ0) is 15.5. The fourth-order valence-corrected chi connectivity index (χ4v) is 2.25. The second-order valence-electron chi connectivity index (χ2n) is 4.99. The average molecular weight is 303 g/mol. The van der Waals surface area contributed by atoms with Crippen LogP contribution in [0.25, 0.3) is 22.7 Å². The second kappa shape index (κ2) is 5.84. The lowest BCUT2D eigenvalue weighted by atomic mass is 10.2. The van der Waals surface area contributed by atoms with Crippen LogP contribution in [0.3, 0.4) is 0 Å². The molecule has 23 heavy (non-hydrogen) atoms. The van der Waals surface area contributed by atoms with Gasteiger partial charge in [0, 0.05) is 11.1 Å². The van der Waals surface area contributed by atoms with Gasteiger partial charge in [0.1, 0.15) is 6.54 Å². The predicted molar refractivity (Wildman–Crippen MR) is 84.3 cm³/mol. The molecule has 2 heterocycles. The van der Waals surface area contributed by atoms with Gasteiger partial charge in [-0.3, -0.25) is 0 Å². The third-order valence-corrected chi connectivity index (χ3v) is 3.37. The van der Waals surface area contributed by atoms with Gasteiger partial charge in [-0.25, -0.2) is 4.98 Å². The predicted octanol–water partition coefficient (Wildman–Crippen LogP) is 3.04. The molecular formula is C17H13N5O. The van der Waals surface area contributed by atoms with E-state index in [0.29, 0.717) is 18.3 Å². The van der Waals surface area contributed by atoms with Crippen LogP contribution in [0.15, 0.2) is 71.3 Å². The molecule has 4 aromatic rings. The van der Waals surface area contributed by atoms with Gasteiger partial charge in [0.15, 0.2) is 5.76 Å². The zero-order valence-corrected chi connectivity index (χ0v) is 12.2. The molecule has 0 fully saturated rings. The molecule has 0 saturated heterocycles. The molecule has 4 rings (SSSR count). The quantitative estimate of drug-likeness (QED) is 0.579. The van der Waals surface area contributed by atoms with Gasteiger partial charge in [-0.15, -0.1) is 10.2 Å². The number of tetrazole rings is 1. The van der Waals surface area contributed by atoms with E-state index in [4.69, 9.17) is 4.42 Å². The molecule has 6 heteroatoms. The maximum Gasteiger partial charge on any atom is 0.218 e. The molecule has 2 aromatic carbocycles. The highest BCUT2D eigenvalue weighted by molar-refractivity contribution is 5.55. The van der Waals surface area contributed by atoms with Crippen LogP contribution in [-0.2, 0) is 6.54 Å². The van der Waals surface area contributed by atoms with Crippen LogP contribution in [0, 0.1) is 0 Å². The van der Waals surface area contributed by atoms with Crippen molar-refractivity contribution in [2.24, 2.45) is 0 Å². The molecule has 0 saturated carbocycles. The van der Waals surface area contributed by atoms with Crippen LogP contribution in [0.4, 0.5) is 0 Å². The molecule has 0 unspecified atom stereocenters. The van der Waals surface area contributed by atoms with E-state index in [9.17, 15) is 0 Å². The van der Waals surface area contributed by atoms with Gasteiger partial charge in [-0.2, -0.15) is 4.80 Å². The minimum atomic E-state index is 0.340. The molecule has 0 aliphatic rings. The van der Waals surface area contributed by atoms with E-state index in [1.807, 2.05) is 60.7 Å². The Kier molecular flexibility index (Phi) is 3.40. The molecule has 0 aliphatic heterocycles. The van der Waals surface area contributed by atoms with Gasteiger partial charge in [0.25, 0.3) is 0 Å². The number of aromatic nitrogens is 5. The summed E-state index contributed by atoms with van der Waals surface area (Å²) in [7, 11) is 0. The topological polar surface area (TPSA) is 69.6 Å². The summed E-state index contributed by atoms with van der Waals surface area (Å²) in [5.74, 6) is 1.85. The zero-order valence-electron chi connectivity index (χ0n) is 12.2. The van der Waals surface area contributed by atoms with Crippen LogP contribution in [0.5, 0.6) is 0 Å². The SMILES string of the molecule is c1ccc(-c2nnn(Cc3ncc(-c4ccccc4)o3)n2)cc1. The highest BCUT2D eigenvalue weighted by Crippen LogP contribution is 2.20. The number of hydrogen-bond acceptors (Lipinski definition) is 5. The molecule has 0 amide bonds. The molecule has 0 N–H and O–H groups in total. The number of rotatable bonds is 4. The van der Waals surface area contributed by atoms with E-state index >= 15 is 0 Å². The van der Waals surface area contributed by atoms with Crippen molar-refractivity contribution >= 4 is 0 Å². The Morgan fingerprint density at radius 1 is 0.870 bits per heavy atom. The monoisotopic (exact) mass is 303 g/mol. The maximum atomic E-state index is 5.75. The Hall–Kier alpha value is -3.28. The summed E-state index contributed by atoms with van der Waals surface area (Å²) >= 11 is 0. The third-order valence-electron chi connectivity index (χ3n) is 3.37. The van der Waals surface area contributed by atoms with E-state index in [1.165, 1.54) is 4.80 Å². The summed E-state index contributed by atoms with van der Waals surface area (Å²) in [6.07, 6.45) is 1.71. The van der Waals surface area contributed by atoms with E-state index in [0.717, 1.165) is 16.9 Å². The minimum Gasteiger partial charge on any atom is -0.439 e. The maximum absolute atomic E-state index is 5.75. The number of nitrogens with zero attached hydrogens (tertiary/aromatic N) is 5. The van der Waals surface area contributed by atoms with E-state index < -0.39 is 0 Å². The van der Waals surface area contributed by atoms with Crippen molar-refractivity contribution < 1.29 is 4.42 Å². The Morgan fingerprint density at radius 2 is 1.57 bits per heavy atom. The van der Waals surface area contributed by atoms with Crippen molar-refractivity contribution in [3.63, 3.8) is 0 Å². The molecule has 0 spiro atoms. The summed E-state index contributed by atoms with van der Waals surface area (Å²) in [6, 6.07) is 19.6. The van der Waals surface area contributed by atoms with E-state index in [1.54, 1.807) is 6.20 Å². The summed E-state index contributed by atoms with van der Waals surface area (Å²) in [5, 5.41) is 12.5. The summed E-state index contributed by atoms with van der Waals surface area (Å²) < 4.78 is 5.75. The van der Waals surface area contributed by atoms with Crippen LogP contribution in [0.1, 0.15) is 5.89 Å². The largest absolute Gasteiger partial charge is 0.439 e. The molecule has 0 bridgehead atoms. The van der Waals surface area contributed by atoms with Crippen LogP contribution in [0.2, 0.25) is 0 Å².